The topological polar surface area (TPSA) is 71.2 Å². The van der Waals surface area contributed by atoms with Crippen molar-refractivity contribution in [1.29, 1.82) is 5.26 Å². The molecule has 1 saturated heterocycles. The zero-order chi connectivity index (χ0) is 22.1. The number of benzene rings is 2. The highest BCUT2D eigenvalue weighted by atomic mass is 19.1. The Labute approximate surface area is 186 Å². The van der Waals surface area contributed by atoms with Crippen molar-refractivity contribution in [2.75, 3.05) is 6.61 Å². The number of hydrogen-bond acceptors (Lipinski definition) is 4. The van der Waals surface area contributed by atoms with Crippen molar-refractivity contribution in [1.82, 2.24) is 14.6 Å². The van der Waals surface area contributed by atoms with Crippen LogP contribution in [-0.4, -0.2) is 27.1 Å². The Balaban J connectivity index is 1.23. The number of fused-ring (bicyclic) bond motifs is 1. The molecule has 2 aliphatic rings. The minimum absolute atomic E-state index is 0.0261. The third kappa shape index (κ3) is 3.98. The van der Waals surface area contributed by atoms with Gasteiger partial charge in [0.05, 0.1) is 41.6 Å². The van der Waals surface area contributed by atoms with E-state index >= 15 is 0 Å². The van der Waals surface area contributed by atoms with Crippen LogP contribution >= 0.6 is 0 Å². The summed E-state index contributed by atoms with van der Waals surface area (Å²) in [6, 6.07) is 14.0. The second-order valence-electron chi connectivity index (χ2n) is 8.79. The number of amides is 1. The number of rotatable bonds is 4. The number of para-hydroxylation sites is 2. The molecule has 0 unspecified atom stereocenters. The number of nitrogens with zero attached hydrogens (tertiary/aromatic N) is 4. The standard InChI is InChI=1S/C25H25FN4O2/c26-21-12-18(14-27)11-20(13-21)23-9-10-32-30(23)25(31)19-7-5-17(6-8-19)15-29-16-28-22-3-1-2-4-24(22)29/h1-4,11-13,16-17,19,23H,5-10,15H2/t17?,19?,23-/m0/s1. The molecule has 5 rings (SSSR count). The van der Waals surface area contributed by atoms with E-state index in [1.165, 1.54) is 17.2 Å². The lowest BCUT2D eigenvalue weighted by Crippen LogP contribution is -2.37. The van der Waals surface area contributed by atoms with Crippen LogP contribution in [0.15, 0.2) is 48.8 Å². The molecule has 1 aromatic heterocycles. The number of hydroxylamine groups is 2. The summed E-state index contributed by atoms with van der Waals surface area (Å²) in [5.74, 6) is -0.0728. The number of carbonyl (C=O) groups excluding carboxylic acids is 1. The molecule has 1 aliphatic carbocycles. The lowest BCUT2D eigenvalue weighted by molar-refractivity contribution is -0.183. The first kappa shape index (κ1) is 20.7. The number of halogens is 1. The fraction of sp³-hybridized carbons (Fsp3) is 0.400. The first-order valence-electron chi connectivity index (χ1n) is 11.2. The summed E-state index contributed by atoms with van der Waals surface area (Å²) in [5, 5.41) is 10.6. The molecular formula is C25H25FN4O2. The minimum Gasteiger partial charge on any atom is -0.330 e. The van der Waals surface area contributed by atoms with Crippen LogP contribution in [-0.2, 0) is 16.2 Å². The lowest BCUT2D eigenvalue weighted by atomic mass is 9.81. The maximum absolute atomic E-state index is 13.9. The molecule has 1 aliphatic heterocycles. The monoisotopic (exact) mass is 432 g/mol. The molecule has 0 bridgehead atoms. The Morgan fingerprint density at radius 2 is 1.97 bits per heavy atom. The van der Waals surface area contributed by atoms with E-state index in [4.69, 9.17) is 10.1 Å². The Hall–Kier alpha value is -3.24. The maximum atomic E-state index is 13.9. The van der Waals surface area contributed by atoms with Crippen LogP contribution in [0.4, 0.5) is 4.39 Å². The van der Waals surface area contributed by atoms with Crippen LogP contribution in [0.25, 0.3) is 11.0 Å². The van der Waals surface area contributed by atoms with Gasteiger partial charge in [-0.15, -0.1) is 0 Å². The smallest absolute Gasteiger partial charge is 0.249 e. The molecule has 32 heavy (non-hydrogen) atoms. The van der Waals surface area contributed by atoms with Crippen molar-refractivity contribution in [3.8, 4) is 6.07 Å². The summed E-state index contributed by atoms with van der Waals surface area (Å²) in [6.07, 6.45) is 6.08. The summed E-state index contributed by atoms with van der Waals surface area (Å²) in [7, 11) is 0. The fourth-order valence-electron chi connectivity index (χ4n) is 5.06. The van der Waals surface area contributed by atoms with Crippen LogP contribution in [0.2, 0.25) is 0 Å². The Morgan fingerprint density at radius 3 is 2.78 bits per heavy atom. The predicted octanol–water partition coefficient (Wildman–Crippen LogP) is 4.76. The molecule has 3 aromatic rings. The average molecular weight is 432 g/mol. The van der Waals surface area contributed by atoms with E-state index < -0.39 is 5.82 Å². The molecular weight excluding hydrogens is 407 g/mol. The van der Waals surface area contributed by atoms with Gasteiger partial charge in [-0.2, -0.15) is 5.26 Å². The van der Waals surface area contributed by atoms with E-state index in [1.807, 2.05) is 30.6 Å². The van der Waals surface area contributed by atoms with Gasteiger partial charge in [0.25, 0.3) is 0 Å². The molecule has 2 heterocycles. The van der Waals surface area contributed by atoms with E-state index in [-0.39, 0.29) is 23.4 Å². The van der Waals surface area contributed by atoms with Gasteiger partial charge >= 0.3 is 0 Å². The zero-order valence-corrected chi connectivity index (χ0v) is 17.8. The molecule has 1 amide bonds. The van der Waals surface area contributed by atoms with Crippen molar-refractivity contribution in [2.24, 2.45) is 11.8 Å². The van der Waals surface area contributed by atoms with E-state index in [9.17, 15) is 9.18 Å². The van der Waals surface area contributed by atoms with Gasteiger partial charge in [0.15, 0.2) is 0 Å². The molecule has 7 heteroatoms. The Kier molecular flexibility index (Phi) is 5.62. The van der Waals surface area contributed by atoms with Crippen LogP contribution in [0.5, 0.6) is 0 Å². The SMILES string of the molecule is N#Cc1cc(F)cc([C@@H]2CCON2C(=O)C2CCC(Cn3cnc4ccccc43)CC2)c1. The lowest BCUT2D eigenvalue weighted by Gasteiger charge is -2.32. The molecule has 164 valence electrons. The summed E-state index contributed by atoms with van der Waals surface area (Å²) >= 11 is 0. The molecule has 0 radical (unpaired) electrons. The fourth-order valence-corrected chi connectivity index (χ4v) is 5.06. The van der Waals surface area contributed by atoms with E-state index in [0.29, 0.717) is 24.5 Å². The zero-order valence-electron chi connectivity index (χ0n) is 17.8. The van der Waals surface area contributed by atoms with Crippen LogP contribution in [0, 0.1) is 29.0 Å². The number of carbonyl (C=O) groups is 1. The van der Waals surface area contributed by atoms with Crippen molar-refractivity contribution in [2.45, 2.75) is 44.7 Å². The van der Waals surface area contributed by atoms with Gasteiger partial charge in [-0.05, 0) is 67.5 Å². The Morgan fingerprint density at radius 1 is 1.16 bits per heavy atom. The van der Waals surface area contributed by atoms with E-state index in [2.05, 4.69) is 15.6 Å². The maximum Gasteiger partial charge on any atom is 0.249 e. The van der Waals surface area contributed by atoms with Crippen LogP contribution in [0.1, 0.15) is 49.3 Å². The highest BCUT2D eigenvalue weighted by Gasteiger charge is 2.37. The summed E-state index contributed by atoms with van der Waals surface area (Å²) in [6.45, 7) is 1.32. The third-order valence-electron chi connectivity index (χ3n) is 6.73. The van der Waals surface area contributed by atoms with Crippen molar-refractivity contribution in [3.63, 3.8) is 0 Å². The van der Waals surface area contributed by atoms with Gasteiger partial charge in [-0.25, -0.2) is 14.4 Å². The van der Waals surface area contributed by atoms with E-state index in [0.717, 1.165) is 43.3 Å². The summed E-state index contributed by atoms with van der Waals surface area (Å²) in [4.78, 5) is 23.4. The second kappa shape index (κ2) is 8.71. The highest BCUT2D eigenvalue weighted by molar-refractivity contribution is 5.78. The highest BCUT2D eigenvalue weighted by Crippen LogP contribution is 2.37. The third-order valence-corrected chi connectivity index (χ3v) is 6.73. The van der Waals surface area contributed by atoms with Gasteiger partial charge in [-0.3, -0.25) is 9.63 Å². The largest absolute Gasteiger partial charge is 0.330 e. The second-order valence-corrected chi connectivity index (χ2v) is 8.79. The van der Waals surface area contributed by atoms with Gasteiger partial charge in [0.2, 0.25) is 5.91 Å². The molecule has 0 spiro atoms. The first-order chi connectivity index (χ1) is 15.6. The van der Waals surface area contributed by atoms with Crippen molar-refractivity contribution >= 4 is 16.9 Å². The first-order valence-corrected chi connectivity index (χ1v) is 11.2. The normalized spacial score (nSPS) is 23.4. The van der Waals surface area contributed by atoms with Gasteiger partial charge in [-0.1, -0.05) is 12.1 Å². The summed E-state index contributed by atoms with van der Waals surface area (Å²) in [5.41, 5.74) is 3.02. The summed E-state index contributed by atoms with van der Waals surface area (Å²) < 4.78 is 16.2. The molecule has 2 aromatic carbocycles. The minimum atomic E-state index is -0.467. The number of aromatic nitrogens is 2. The van der Waals surface area contributed by atoms with Crippen LogP contribution in [0.3, 0.4) is 0 Å². The number of nitriles is 1. The molecule has 6 nitrogen and oxygen atoms in total. The predicted molar refractivity (Wildman–Crippen MR) is 116 cm³/mol. The van der Waals surface area contributed by atoms with Crippen LogP contribution < -0.4 is 0 Å². The quantitative estimate of drug-likeness (QED) is 0.596. The van der Waals surface area contributed by atoms with Crippen molar-refractivity contribution in [3.05, 3.63) is 65.7 Å². The molecule has 0 N–H and O–H groups in total. The Bertz CT molecular complexity index is 1180. The average Bonchev–Trinajstić information content (AvgIpc) is 3.46. The molecule has 1 atom stereocenters. The molecule has 2 fully saturated rings. The number of imidazole rings is 1. The van der Waals surface area contributed by atoms with Gasteiger partial charge in [0.1, 0.15) is 5.82 Å². The van der Waals surface area contributed by atoms with E-state index in [1.54, 1.807) is 6.07 Å². The molecule has 1 saturated carbocycles. The van der Waals surface area contributed by atoms with Gasteiger partial charge < -0.3 is 4.57 Å². The van der Waals surface area contributed by atoms with Crippen molar-refractivity contribution < 1.29 is 14.0 Å². The van der Waals surface area contributed by atoms with Gasteiger partial charge in [0, 0.05) is 18.9 Å². The number of hydrogen-bond donors (Lipinski definition) is 0.